The summed E-state index contributed by atoms with van der Waals surface area (Å²) in [7, 11) is 0. The zero-order chi connectivity index (χ0) is 8.70. The largest absolute Gasteiger partial charge is 0.385 e. The van der Waals surface area contributed by atoms with Crippen molar-refractivity contribution < 1.29 is 5.11 Å². The third-order valence-corrected chi connectivity index (χ3v) is 3.64. The SMILES string of the molecule is C=CC1(O)CCC(C)C1(C)C. The Bertz CT molecular complexity index is 172. The van der Waals surface area contributed by atoms with Crippen molar-refractivity contribution >= 4 is 0 Å². The minimum atomic E-state index is -0.633. The fourth-order valence-corrected chi connectivity index (χ4v) is 1.91. The van der Waals surface area contributed by atoms with Gasteiger partial charge in [0.05, 0.1) is 5.60 Å². The smallest absolute Gasteiger partial charge is 0.0878 e. The van der Waals surface area contributed by atoms with Crippen LogP contribution in [0.15, 0.2) is 12.7 Å². The maximum absolute atomic E-state index is 10.1. The molecule has 11 heavy (non-hydrogen) atoms. The van der Waals surface area contributed by atoms with Gasteiger partial charge in [-0.1, -0.05) is 26.8 Å². The van der Waals surface area contributed by atoms with E-state index < -0.39 is 5.60 Å². The second-order valence-electron chi connectivity index (χ2n) is 4.29. The van der Waals surface area contributed by atoms with E-state index in [0.29, 0.717) is 5.92 Å². The van der Waals surface area contributed by atoms with E-state index in [-0.39, 0.29) is 5.41 Å². The fourth-order valence-electron chi connectivity index (χ4n) is 1.91. The van der Waals surface area contributed by atoms with Crippen LogP contribution in [0.25, 0.3) is 0 Å². The van der Waals surface area contributed by atoms with Gasteiger partial charge in [-0.15, -0.1) is 6.58 Å². The van der Waals surface area contributed by atoms with Crippen molar-refractivity contribution in [3.8, 4) is 0 Å². The average molecular weight is 154 g/mol. The number of aliphatic hydroxyl groups is 1. The number of hydrogen-bond donors (Lipinski definition) is 1. The van der Waals surface area contributed by atoms with Crippen LogP contribution in [-0.2, 0) is 0 Å². The summed E-state index contributed by atoms with van der Waals surface area (Å²) in [6, 6.07) is 0. The highest BCUT2D eigenvalue weighted by Crippen LogP contribution is 2.50. The molecule has 0 aliphatic heterocycles. The van der Waals surface area contributed by atoms with Gasteiger partial charge in [0.15, 0.2) is 0 Å². The van der Waals surface area contributed by atoms with E-state index >= 15 is 0 Å². The van der Waals surface area contributed by atoms with E-state index in [0.717, 1.165) is 12.8 Å². The Morgan fingerprint density at radius 1 is 1.55 bits per heavy atom. The Hall–Kier alpha value is -0.300. The van der Waals surface area contributed by atoms with E-state index in [9.17, 15) is 5.11 Å². The lowest BCUT2D eigenvalue weighted by atomic mass is 9.73. The van der Waals surface area contributed by atoms with Crippen LogP contribution in [0.1, 0.15) is 33.6 Å². The molecule has 1 fully saturated rings. The van der Waals surface area contributed by atoms with Gasteiger partial charge in [0.2, 0.25) is 0 Å². The van der Waals surface area contributed by atoms with E-state index in [2.05, 4.69) is 27.4 Å². The molecule has 64 valence electrons. The molecule has 1 aliphatic carbocycles. The molecule has 1 rings (SSSR count). The molecule has 0 spiro atoms. The van der Waals surface area contributed by atoms with Crippen LogP contribution >= 0.6 is 0 Å². The van der Waals surface area contributed by atoms with Gasteiger partial charge in [-0.05, 0) is 24.2 Å². The van der Waals surface area contributed by atoms with Crippen LogP contribution in [0.3, 0.4) is 0 Å². The van der Waals surface area contributed by atoms with Crippen LogP contribution in [0.5, 0.6) is 0 Å². The lowest BCUT2D eigenvalue weighted by Gasteiger charge is -2.36. The van der Waals surface area contributed by atoms with Crippen molar-refractivity contribution in [1.82, 2.24) is 0 Å². The van der Waals surface area contributed by atoms with Crippen molar-refractivity contribution in [3.05, 3.63) is 12.7 Å². The Labute approximate surface area is 69.1 Å². The molecule has 1 saturated carbocycles. The molecular weight excluding hydrogens is 136 g/mol. The quantitative estimate of drug-likeness (QED) is 0.575. The average Bonchev–Trinajstić information content (AvgIpc) is 2.15. The Morgan fingerprint density at radius 2 is 2.09 bits per heavy atom. The highest BCUT2D eigenvalue weighted by atomic mass is 16.3. The molecule has 2 unspecified atom stereocenters. The van der Waals surface area contributed by atoms with Crippen molar-refractivity contribution in [1.29, 1.82) is 0 Å². The minimum absolute atomic E-state index is 0.00521. The third-order valence-electron chi connectivity index (χ3n) is 3.64. The summed E-state index contributed by atoms with van der Waals surface area (Å²) in [4.78, 5) is 0. The van der Waals surface area contributed by atoms with Crippen molar-refractivity contribution in [2.24, 2.45) is 11.3 Å². The minimum Gasteiger partial charge on any atom is -0.385 e. The first kappa shape index (κ1) is 8.79. The first-order valence-corrected chi connectivity index (χ1v) is 4.30. The first-order chi connectivity index (χ1) is 4.94. The van der Waals surface area contributed by atoms with Crippen LogP contribution in [-0.4, -0.2) is 10.7 Å². The molecule has 0 heterocycles. The molecule has 0 aromatic heterocycles. The Morgan fingerprint density at radius 3 is 2.27 bits per heavy atom. The third kappa shape index (κ3) is 1.02. The summed E-state index contributed by atoms with van der Waals surface area (Å²) in [5.74, 6) is 0.588. The van der Waals surface area contributed by atoms with Gasteiger partial charge in [-0.3, -0.25) is 0 Å². The second-order valence-corrected chi connectivity index (χ2v) is 4.29. The zero-order valence-corrected chi connectivity index (χ0v) is 7.72. The zero-order valence-electron chi connectivity index (χ0n) is 7.72. The van der Waals surface area contributed by atoms with E-state index in [4.69, 9.17) is 0 Å². The maximum atomic E-state index is 10.1. The fraction of sp³-hybridized carbons (Fsp3) is 0.800. The van der Waals surface area contributed by atoms with Gasteiger partial charge in [0.25, 0.3) is 0 Å². The van der Waals surface area contributed by atoms with Gasteiger partial charge < -0.3 is 5.11 Å². The molecule has 2 atom stereocenters. The molecular formula is C10H18O. The number of rotatable bonds is 1. The molecule has 1 N–H and O–H groups in total. The summed E-state index contributed by atoms with van der Waals surface area (Å²) in [5, 5.41) is 10.1. The van der Waals surface area contributed by atoms with Gasteiger partial charge in [-0.25, -0.2) is 0 Å². The molecule has 0 bridgehead atoms. The molecule has 0 aromatic carbocycles. The highest BCUT2D eigenvalue weighted by molar-refractivity contribution is 5.11. The predicted octanol–water partition coefficient (Wildman–Crippen LogP) is 2.36. The molecule has 0 aromatic rings. The molecule has 0 radical (unpaired) electrons. The second kappa shape index (κ2) is 2.34. The summed E-state index contributed by atoms with van der Waals surface area (Å²) in [5.41, 5.74) is -0.638. The summed E-state index contributed by atoms with van der Waals surface area (Å²) >= 11 is 0. The summed E-state index contributed by atoms with van der Waals surface area (Å²) < 4.78 is 0. The lowest BCUT2D eigenvalue weighted by molar-refractivity contribution is -0.0130. The van der Waals surface area contributed by atoms with Crippen molar-refractivity contribution in [3.63, 3.8) is 0 Å². The highest BCUT2D eigenvalue weighted by Gasteiger charge is 2.49. The van der Waals surface area contributed by atoms with E-state index in [1.54, 1.807) is 6.08 Å². The summed E-state index contributed by atoms with van der Waals surface area (Å²) in [6.07, 6.45) is 3.68. The molecule has 1 nitrogen and oxygen atoms in total. The van der Waals surface area contributed by atoms with Gasteiger partial charge in [0.1, 0.15) is 0 Å². The van der Waals surface area contributed by atoms with Crippen LogP contribution < -0.4 is 0 Å². The maximum Gasteiger partial charge on any atom is 0.0878 e. The molecule has 1 aliphatic rings. The standard InChI is InChI=1S/C10H18O/c1-5-10(11)7-6-8(2)9(10,3)4/h5,8,11H,1,6-7H2,2-4H3. The predicted molar refractivity (Wildman–Crippen MR) is 47.3 cm³/mol. The molecule has 1 heteroatoms. The van der Waals surface area contributed by atoms with Crippen LogP contribution in [0, 0.1) is 11.3 Å². The van der Waals surface area contributed by atoms with Gasteiger partial charge in [0, 0.05) is 0 Å². The summed E-state index contributed by atoms with van der Waals surface area (Å²) in [6.45, 7) is 10.1. The van der Waals surface area contributed by atoms with Gasteiger partial charge in [-0.2, -0.15) is 0 Å². The van der Waals surface area contributed by atoms with Crippen LogP contribution in [0.2, 0.25) is 0 Å². The lowest BCUT2D eigenvalue weighted by Crippen LogP contribution is -2.40. The Balaban J connectivity index is 2.94. The van der Waals surface area contributed by atoms with E-state index in [1.807, 2.05) is 0 Å². The van der Waals surface area contributed by atoms with Crippen molar-refractivity contribution in [2.45, 2.75) is 39.2 Å². The van der Waals surface area contributed by atoms with Crippen molar-refractivity contribution in [2.75, 3.05) is 0 Å². The monoisotopic (exact) mass is 154 g/mol. The van der Waals surface area contributed by atoms with E-state index in [1.165, 1.54) is 0 Å². The topological polar surface area (TPSA) is 20.2 Å². The van der Waals surface area contributed by atoms with Crippen LogP contribution in [0.4, 0.5) is 0 Å². The molecule has 0 amide bonds. The Kier molecular flexibility index (Phi) is 1.87. The molecule has 0 saturated heterocycles. The van der Waals surface area contributed by atoms with Gasteiger partial charge >= 0.3 is 0 Å². The normalized spacial score (nSPS) is 42.4. The first-order valence-electron chi connectivity index (χ1n) is 4.30. The number of hydrogen-bond acceptors (Lipinski definition) is 1.